The molecule has 0 aromatic carbocycles. The molecule has 214 valence electrons. The van der Waals surface area contributed by atoms with Crippen molar-refractivity contribution in [1.82, 2.24) is 24.4 Å². The number of hydrogen-bond donors (Lipinski definition) is 0. The number of aryl methyl sites for hydroxylation is 1. The molecule has 1 saturated heterocycles. The number of anilines is 1. The number of fused-ring (bicyclic) bond motifs is 1. The van der Waals surface area contributed by atoms with Gasteiger partial charge in [-0.3, -0.25) is 9.78 Å². The molecule has 9 heteroatoms. The first-order chi connectivity index (χ1) is 19.7. The van der Waals surface area contributed by atoms with Gasteiger partial charge in [-0.25, -0.2) is 14.3 Å². The van der Waals surface area contributed by atoms with Crippen LogP contribution in [0.5, 0.6) is 0 Å². The first-order valence-electron chi connectivity index (χ1n) is 14.7. The van der Waals surface area contributed by atoms with Crippen molar-refractivity contribution in [3.63, 3.8) is 0 Å². The average Bonchev–Trinajstić information content (AvgIpc) is 2.97. The van der Waals surface area contributed by atoms with Crippen LogP contribution in [0.25, 0.3) is 16.7 Å². The van der Waals surface area contributed by atoms with Crippen LogP contribution in [0.15, 0.2) is 35.8 Å². The number of nitriles is 1. The Bertz CT molecular complexity index is 1600. The van der Waals surface area contributed by atoms with E-state index < -0.39 is 5.69 Å². The van der Waals surface area contributed by atoms with E-state index in [0.717, 1.165) is 42.6 Å². The van der Waals surface area contributed by atoms with E-state index in [9.17, 15) is 14.9 Å². The summed E-state index contributed by atoms with van der Waals surface area (Å²) in [5.41, 5.74) is 3.78. The Labute approximate surface area is 241 Å². The van der Waals surface area contributed by atoms with Gasteiger partial charge in [-0.2, -0.15) is 10.2 Å². The number of hydrogen-bond acceptors (Lipinski definition) is 7. The van der Waals surface area contributed by atoms with Crippen LogP contribution in [0.2, 0.25) is 0 Å². The van der Waals surface area contributed by atoms with Crippen LogP contribution >= 0.6 is 0 Å². The highest BCUT2D eigenvalue weighted by Crippen LogP contribution is 2.37. The Balaban J connectivity index is 1.80. The molecule has 0 N–H and O–H groups in total. The van der Waals surface area contributed by atoms with Crippen LogP contribution in [0.4, 0.5) is 5.82 Å². The van der Waals surface area contributed by atoms with Gasteiger partial charge in [-0.1, -0.05) is 39.7 Å². The topological polar surface area (TPSA) is 108 Å². The molecule has 1 aliphatic heterocycles. The average molecular weight is 554 g/mol. The highest BCUT2D eigenvalue weighted by Gasteiger charge is 2.34. The summed E-state index contributed by atoms with van der Waals surface area (Å²) in [6.07, 6.45) is 8.46. The molecule has 0 unspecified atom stereocenters. The minimum atomic E-state index is -0.429. The fraction of sp³-hybridized carbons (Fsp3) is 0.500. The van der Waals surface area contributed by atoms with Gasteiger partial charge < -0.3 is 9.80 Å². The van der Waals surface area contributed by atoms with Crippen LogP contribution in [0.3, 0.4) is 0 Å². The third kappa shape index (κ3) is 5.12. The minimum absolute atomic E-state index is 0.0686. The molecule has 2 fully saturated rings. The zero-order valence-electron chi connectivity index (χ0n) is 24.7. The minimum Gasteiger partial charge on any atom is -0.349 e. The van der Waals surface area contributed by atoms with E-state index in [0.29, 0.717) is 41.2 Å². The predicted molar refractivity (Wildman–Crippen MR) is 160 cm³/mol. The van der Waals surface area contributed by atoms with Gasteiger partial charge in [-0.15, -0.1) is 0 Å². The molecule has 3 aromatic heterocycles. The number of aromatic nitrogens is 4. The molecule has 9 nitrogen and oxygen atoms in total. The van der Waals surface area contributed by atoms with Gasteiger partial charge in [-0.05, 0) is 63.3 Å². The van der Waals surface area contributed by atoms with Crippen LogP contribution in [-0.2, 0) is 4.79 Å². The van der Waals surface area contributed by atoms with E-state index in [1.807, 2.05) is 32.9 Å². The monoisotopic (exact) mass is 553 g/mol. The van der Waals surface area contributed by atoms with Gasteiger partial charge in [0, 0.05) is 37.3 Å². The first-order valence-corrected chi connectivity index (χ1v) is 14.7. The van der Waals surface area contributed by atoms with Gasteiger partial charge in [0.05, 0.1) is 28.0 Å². The van der Waals surface area contributed by atoms with Crippen molar-refractivity contribution >= 4 is 22.8 Å². The maximum absolute atomic E-state index is 14.1. The normalized spacial score (nSPS) is 19.9. The van der Waals surface area contributed by atoms with E-state index in [1.165, 1.54) is 12.5 Å². The largest absolute Gasteiger partial charge is 0.355 e. The summed E-state index contributed by atoms with van der Waals surface area (Å²) >= 11 is 0. The quantitative estimate of drug-likeness (QED) is 0.403. The van der Waals surface area contributed by atoms with Crippen LogP contribution < -0.4 is 10.6 Å². The zero-order valence-corrected chi connectivity index (χ0v) is 24.7. The molecule has 2 aliphatic rings. The van der Waals surface area contributed by atoms with Crippen molar-refractivity contribution in [1.29, 1.82) is 5.26 Å². The summed E-state index contributed by atoms with van der Waals surface area (Å²) in [5.74, 6) is 0.628. The summed E-state index contributed by atoms with van der Waals surface area (Å²) in [5, 5.41) is 10.9. The number of piperazine rings is 1. The van der Waals surface area contributed by atoms with Gasteiger partial charge >= 0.3 is 5.69 Å². The molecule has 1 aliphatic carbocycles. The summed E-state index contributed by atoms with van der Waals surface area (Å²) in [6.45, 7) is 14.7. The molecule has 3 aromatic rings. The molecule has 0 spiro atoms. The summed E-state index contributed by atoms with van der Waals surface area (Å²) < 4.78 is 1.61. The highest BCUT2D eigenvalue weighted by molar-refractivity contribution is 5.91. The Morgan fingerprint density at radius 2 is 1.88 bits per heavy atom. The summed E-state index contributed by atoms with van der Waals surface area (Å²) in [4.78, 5) is 44.9. The third-order valence-corrected chi connectivity index (χ3v) is 8.63. The van der Waals surface area contributed by atoms with Crippen molar-refractivity contribution < 1.29 is 4.79 Å². The Morgan fingerprint density at radius 1 is 1.15 bits per heavy atom. The van der Waals surface area contributed by atoms with Crippen molar-refractivity contribution in [3.05, 3.63) is 64.0 Å². The number of carbonyl (C=O) groups is 1. The van der Waals surface area contributed by atoms with Crippen molar-refractivity contribution in [3.8, 4) is 11.8 Å². The fourth-order valence-corrected chi connectivity index (χ4v) is 6.47. The van der Waals surface area contributed by atoms with Crippen molar-refractivity contribution in [2.75, 3.05) is 18.0 Å². The number of rotatable bonds is 5. The lowest BCUT2D eigenvalue weighted by Crippen LogP contribution is -2.58. The van der Waals surface area contributed by atoms with Crippen LogP contribution in [-0.4, -0.2) is 55.5 Å². The second-order valence-electron chi connectivity index (χ2n) is 11.9. The van der Waals surface area contributed by atoms with Crippen molar-refractivity contribution in [2.45, 2.75) is 90.6 Å². The number of nitrogens with zero attached hydrogens (tertiary/aromatic N) is 7. The molecular formula is C32H39N7O2. The number of pyridine rings is 2. The molecule has 2 atom stereocenters. The highest BCUT2D eigenvalue weighted by atomic mass is 16.2. The maximum Gasteiger partial charge on any atom is 0.355 e. The molecule has 0 radical (unpaired) electrons. The Hall–Kier alpha value is -4.06. The number of carbonyl (C=O) groups excluding carboxylic acids is 1. The van der Waals surface area contributed by atoms with E-state index in [1.54, 1.807) is 15.7 Å². The summed E-state index contributed by atoms with van der Waals surface area (Å²) in [6, 6.07) is 5.96. The lowest BCUT2D eigenvalue weighted by Gasteiger charge is -2.44. The molecule has 5 rings (SSSR count). The zero-order chi connectivity index (χ0) is 29.4. The number of amides is 1. The van der Waals surface area contributed by atoms with E-state index >= 15 is 0 Å². The second-order valence-corrected chi connectivity index (χ2v) is 11.9. The second kappa shape index (κ2) is 11.4. The van der Waals surface area contributed by atoms with Gasteiger partial charge in [0.2, 0.25) is 5.91 Å². The van der Waals surface area contributed by atoms with Crippen LogP contribution in [0, 0.1) is 18.3 Å². The SMILES string of the molecule is C=CC(=O)N1C[C@H](C)N(c2nc(=O)n(-c3c(C)ccnc3C(C)C)c3nc(C4CCCCC4)c(C#N)cc23)C[C@H]1C. The van der Waals surface area contributed by atoms with E-state index in [-0.39, 0.29) is 29.8 Å². The standard InChI is InChI=1S/C32H39N7O2/c1-7-26(40)37-17-22(6)38(18-21(37)5)30-25-15-24(16-33)28(23-11-9-8-10-12-23)35-31(25)39(32(41)36-30)29-20(4)13-14-34-27(29)19(2)3/h7,13-15,19,21-23H,1,8-12,17-18H2,2-6H3/t21-,22+/m1/s1. The van der Waals surface area contributed by atoms with E-state index in [2.05, 4.69) is 41.4 Å². The van der Waals surface area contributed by atoms with Gasteiger partial charge in [0.15, 0.2) is 5.65 Å². The molecule has 41 heavy (non-hydrogen) atoms. The summed E-state index contributed by atoms with van der Waals surface area (Å²) in [7, 11) is 0. The van der Waals surface area contributed by atoms with Gasteiger partial charge in [0.1, 0.15) is 11.9 Å². The fourth-order valence-electron chi connectivity index (χ4n) is 6.47. The Kier molecular flexibility index (Phi) is 7.94. The third-order valence-electron chi connectivity index (χ3n) is 8.63. The molecule has 0 bridgehead atoms. The molecular weight excluding hydrogens is 514 g/mol. The molecule has 1 saturated carbocycles. The Morgan fingerprint density at radius 3 is 2.54 bits per heavy atom. The maximum atomic E-state index is 14.1. The first kappa shape index (κ1) is 28.5. The lowest BCUT2D eigenvalue weighted by molar-refractivity contribution is -0.128. The smallest absolute Gasteiger partial charge is 0.349 e. The predicted octanol–water partition coefficient (Wildman–Crippen LogP) is 5.14. The molecule has 4 heterocycles. The van der Waals surface area contributed by atoms with Crippen molar-refractivity contribution in [2.24, 2.45) is 0 Å². The van der Waals surface area contributed by atoms with Gasteiger partial charge in [0.25, 0.3) is 0 Å². The molecule has 1 amide bonds. The van der Waals surface area contributed by atoms with E-state index in [4.69, 9.17) is 4.98 Å². The lowest BCUT2D eigenvalue weighted by atomic mass is 9.85. The van der Waals surface area contributed by atoms with Crippen LogP contribution in [0.1, 0.15) is 94.1 Å².